The van der Waals surface area contributed by atoms with Gasteiger partial charge in [-0.1, -0.05) is 60.2 Å². The number of aromatic nitrogens is 1. The van der Waals surface area contributed by atoms with E-state index in [0.717, 1.165) is 70.9 Å². The lowest BCUT2D eigenvalue weighted by Crippen LogP contribution is -2.52. The molecule has 0 bridgehead atoms. The highest BCUT2D eigenvalue weighted by molar-refractivity contribution is 6.08. The van der Waals surface area contributed by atoms with E-state index in [-0.39, 0.29) is 17.9 Å². The summed E-state index contributed by atoms with van der Waals surface area (Å²) >= 11 is 0. The Morgan fingerprint density at radius 3 is 2.25 bits per heavy atom. The van der Waals surface area contributed by atoms with E-state index in [1.807, 2.05) is 91.0 Å². The molecule has 0 unspecified atom stereocenters. The van der Waals surface area contributed by atoms with Crippen molar-refractivity contribution >= 4 is 23.6 Å². The highest BCUT2D eigenvalue weighted by atomic mass is 16.6. The number of aryl methyl sites for hydroxylation is 1. The minimum absolute atomic E-state index is 0.0489. The predicted octanol–water partition coefficient (Wildman–Crippen LogP) is 7.04. The van der Waals surface area contributed by atoms with Crippen LogP contribution < -0.4 is 9.64 Å². The average Bonchev–Trinajstić information content (AvgIpc) is 3.53. The van der Waals surface area contributed by atoms with Crippen molar-refractivity contribution in [1.29, 1.82) is 0 Å². The molecule has 3 aliphatic heterocycles. The van der Waals surface area contributed by atoms with Crippen LogP contribution in [0.15, 0.2) is 97.1 Å². The molecule has 4 aromatic carbocycles. The van der Waals surface area contributed by atoms with Crippen molar-refractivity contribution in [2.24, 2.45) is 7.05 Å². The second kappa shape index (κ2) is 15.8. The van der Waals surface area contributed by atoms with E-state index in [1.54, 1.807) is 29.0 Å². The summed E-state index contributed by atoms with van der Waals surface area (Å²) in [6.07, 6.45) is 0.937. The lowest BCUT2D eigenvalue weighted by molar-refractivity contribution is 0.0193. The van der Waals surface area contributed by atoms with Gasteiger partial charge in [0, 0.05) is 87.6 Å². The molecule has 10 nitrogen and oxygen atoms in total. The van der Waals surface area contributed by atoms with Gasteiger partial charge in [-0.3, -0.25) is 14.5 Å². The molecule has 0 spiro atoms. The number of anilines is 1. The van der Waals surface area contributed by atoms with Gasteiger partial charge in [0.25, 0.3) is 11.8 Å². The molecule has 1 aromatic heterocycles. The second-order valence-corrected chi connectivity index (χ2v) is 15.3. The molecule has 0 aliphatic carbocycles. The molecular weight excluding hydrogens is 703 g/mol. The number of rotatable bonds is 7. The topological polar surface area (TPSA) is 87.6 Å². The molecule has 5 aromatic rings. The van der Waals surface area contributed by atoms with Crippen LogP contribution in [0.1, 0.15) is 54.2 Å². The van der Waals surface area contributed by atoms with Gasteiger partial charge in [-0.25, -0.2) is 4.79 Å². The van der Waals surface area contributed by atoms with Gasteiger partial charge >= 0.3 is 6.09 Å². The SMILES string of the molecule is Cc1ccc(OC(=O)N2CCc3cc(-c4cc(C(=O)N(C)c5ccccc5)c(C)n4C)c(C(=O)N4Cc5ccccc5C[C@H]4CN4CCOCC4)cc3C2)cc1. The summed E-state index contributed by atoms with van der Waals surface area (Å²) < 4.78 is 13.5. The molecule has 4 heterocycles. The summed E-state index contributed by atoms with van der Waals surface area (Å²) in [5.41, 5.74) is 9.80. The molecule has 1 fully saturated rings. The maximum Gasteiger partial charge on any atom is 0.415 e. The first kappa shape index (κ1) is 37.2. The van der Waals surface area contributed by atoms with Crippen molar-refractivity contribution in [3.63, 3.8) is 0 Å². The van der Waals surface area contributed by atoms with Gasteiger partial charge < -0.3 is 28.7 Å². The number of para-hydroxylation sites is 1. The number of carbonyl (C=O) groups is 3. The standard InChI is InChI=1S/C46H49N5O5/c1-31-14-16-39(17-15-31)56-46(54)50-19-18-34-25-41(43-27-40(32(2)47(43)3)44(52)48(4)37-12-6-5-7-13-37)42(26-36(34)28-50)45(53)51-29-35-11-9-8-10-33(35)24-38(51)30-49-20-22-55-23-21-49/h5-17,25-27,38H,18-24,28-30H2,1-4H3/t38-/m0/s1. The van der Waals surface area contributed by atoms with Crippen LogP contribution in [-0.2, 0) is 37.7 Å². The lowest BCUT2D eigenvalue weighted by Gasteiger charge is -2.41. The molecule has 1 saturated heterocycles. The van der Waals surface area contributed by atoms with Gasteiger partial charge in [0.1, 0.15) is 5.75 Å². The fourth-order valence-electron chi connectivity index (χ4n) is 8.27. The van der Waals surface area contributed by atoms with E-state index in [2.05, 4.69) is 29.2 Å². The minimum Gasteiger partial charge on any atom is -0.410 e. The van der Waals surface area contributed by atoms with E-state index >= 15 is 4.79 Å². The summed E-state index contributed by atoms with van der Waals surface area (Å²) in [7, 11) is 3.74. The van der Waals surface area contributed by atoms with Crippen LogP contribution in [0.4, 0.5) is 10.5 Å². The maximum atomic E-state index is 15.3. The van der Waals surface area contributed by atoms with Crippen molar-refractivity contribution in [3.8, 4) is 17.0 Å². The summed E-state index contributed by atoms with van der Waals surface area (Å²) in [6.45, 7) is 9.00. The van der Waals surface area contributed by atoms with Crippen LogP contribution in [0.3, 0.4) is 0 Å². The third kappa shape index (κ3) is 7.46. The van der Waals surface area contributed by atoms with Crippen molar-refractivity contribution in [3.05, 3.63) is 142 Å². The van der Waals surface area contributed by atoms with Gasteiger partial charge in [0.05, 0.1) is 18.8 Å². The molecule has 1 atom stereocenters. The van der Waals surface area contributed by atoms with Gasteiger partial charge in [0.15, 0.2) is 0 Å². The van der Waals surface area contributed by atoms with Crippen molar-refractivity contribution < 1.29 is 23.9 Å². The highest BCUT2D eigenvalue weighted by Crippen LogP contribution is 2.36. The van der Waals surface area contributed by atoms with Crippen LogP contribution in [0.5, 0.6) is 5.75 Å². The number of carbonyl (C=O) groups excluding carboxylic acids is 3. The van der Waals surface area contributed by atoms with E-state index in [9.17, 15) is 9.59 Å². The number of morpholine rings is 1. The molecule has 0 radical (unpaired) electrons. The highest BCUT2D eigenvalue weighted by Gasteiger charge is 2.35. The molecule has 288 valence electrons. The summed E-state index contributed by atoms with van der Waals surface area (Å²) in [4.78, 5) is 50.6. The molecule has 56 heavy (non-hydrogen) atoms. The average molecular weight is 752 g/mol. The van der Waals surface area contributed by atoms with E-state index in [4.69, 9.17) is 9.47 Å². The Labute approximate surface area is 328 Å². The van der Waals surface area contributed by atoms with Crippen molar-refractivity contribution in [1.82, 2.24) is 19.3 Å². The van der Waals surface area contributed by atoms with Crippen LogP contribution in [0, 0.1) is 13.8 Å². The normalized spacial score (nSPS) is 16.9. The van der Waals surface area contributed by atoms with Crippen molar-refractivity contribution in [2.75, 3.05) is 51.3 Å². The molecule has 0 N–H and O–H groups in total. The number of ether oxygens (including phenoxy) is 2. The number of benzene rings is 4. The zero-order valence-corrected chi connectivity index (χ0v) is 32.7. The van der Waals surface area contributed by atoms with Gasteiger partial charge in [-0.05, 0) is 91.4 Å². The number of fused-ring (bicyclic) bond motifs is 2. The number of hydrogen-bond acceptors (Lipinski definition) is 6. The molecule has 8 rings (SSSR count). The molecule has 3 aliphatic rings. The first-order valence-electron chi connectivity index (χ1n) is 19.5. The zero-order chi connectivity index (χ0) is 38.9. The van der Waals surface area contributed by atoms with Gasteiger partial charge in [-0.2, -0.15) is 0 Å². The van der Waals surface area contributed by atoms with E-state index in [1.165, 1.54) is 5.56 Å². The quantitative estimate of drug-likeness (QED) is 0.177. The largest absolute Gasteiger partial charge is 0.415 e. The monoisotopic (exact) mass is 751 g/mol. The molecule has 10 heteroatoms. The lowest BCUT2D eigenvalue weighted by atomic mass is 9.89. The minimum atomic E-state index is -0.418. The Morgan fingerprint density at radius 2 is 1.50 bits per heavy atom. The summed E-state index contributed by atoms with van der Waals surface area (Å²) in [6, 6.07) is 31.4. The fourth-order valence-corrected chi connectivity index (χ4v) is 8.27. The van der Waals surface area contributed by atoms with Crippen LogP contribution in [0.25, 0.3) is 11.3 Å². The van der Waals surface area contributed by atoms with Gasteiger partial charge in [0.2, 0.25) is 0 Å². The first-order chi connectivity index (χ1) is 27.1. The Morgan fingerprint density at radius 1 is 0.786 bits per heavy atom. The predicted molar refractivity (Wildman–Crippen MR) is 217 cm³/mol. The number of amides is 3. The Balaban J connectivity index is 1.18. The zero-order valence-electron chi connectivity index (χ0n) is 32.7. The van der Waals surface area contributed by atoms with Crippen LogP contribution in [0.2, 0.25) is 0 Å². The Hall–Kier alpha value is -5.71. The van der Waals surface area contributed by atoms with E-state index in [0.29, 0.717) is 56.1 Å². The Bertz CT molecular complexity index is 2260. The summed E-state index contributed by atoms with van der Waals surface area (Å²) in [5, 5.41) is 0. The molecular formula is C46H49N5O5. The first-order valence-corrected chi connectivity index (χ1v) is 19.5. The second-order valence-electron chi connectivity index (χ2n) is 15.3. The molecule has 3 amide bonds. The summed E-state index contributed by atoms with van der Waals surface area (Å²) in [5.74, 6) is 0.307. The van der Waals surface area contributed by atoms with Crippen LogP contribution in [-0.4, -0.2) is 89.7 Å². The third-order valence-corrected chi connectivity index (χ3v) is 11.7. The van der Waals surface area contributed by atoms with Crippen LogP contribution >= 0.6 is 0 Å². The fraction of sp³-hybridized carbons (Fsp3) is 0.326. The molecule has 0 saturated carbocycles. The van der Waals surface area contributed by atoms with Gasteiger partial charge in [-0.15, -0.1) is 0 Å². The smallest absolute Gasteiger partial charge is 0.410 e. The Kier molecular flexibility index (Phi) is 10.5. The number of nitrogens with zero attached hydrogens (tertiary/aromatic N) is 5. The van der Waals surface area contributed by atoms with E-state index < -0.39 is 6.09 Å². The number of hydrogen-bond donors (Lipinski definition) is 0. The maximum absolute atomic E-state index is 15.3. The third-order valence-electron chi connectivity index (χ3n) is 11.7. The van der Waals surface area contributed by atoms with Crippen molar-refractivity contribution in [2.45, 2.75) is 45.8 Å².